The van der Waals surface area contributed by atoms with Crippen LogP contribution >= 0.6 is 0 Å². The van der Waals surface area contributed by atoms with Crippen LogP contribution in [0.3, 0.4) is 0 Å². The van der Waals surface area contributed by atoms with Crippen molar-refractivity contribution in [1.82, 2.24) is 0 Å². The molecule has 0 aliphatic carbocycles. The highest BCUT2D eigenvalue weighted by Gasteiger charge is 2.29. The number of benzene rings is 2. The lowest BCUT2D eigenvalue weighted by Gasteiger charge is -2.21. The van der Waals surface area contributed by atoms with Gasteiger partial charge in [-0.05, 0) is 56.5 Å². The average Bonchev–Trinajstić information content (AvgIpc) is 2.61. The highest BCUT2D eigenvalue weighted by molar-refractivity contribution is 5.94. The SMILES string of the molecule is CCC(Oc1ccccc1C)C(=O)Nc1ccc(C(C)(C)C(=O)O)cc1. The molecule has 2 aromatic rings. The van der Waals surface area contributed by atoms with E-state index in [-0.39, 0.29) is 5.91 Å². The second kappa shape index (κ2) is 8.04. The van der Waals surface area contributed by atoms with Crippen LogP contribution < -0.4 is 10.1 Å². The van der Waals surface area contributed by atoms with Gasteiger partial charge in [0.05, 0.1) is 5.41 Å². The van der Waals surface area contributed by atoms with Crippen molar-refractivity contribution in [2.75, 3.05) is 5.32 Å². The van der Waals surface area contributed by atoms with Gasteiger partial charge in [0.2, 0.25) is 0 Å². The molecule has 26 heavy (non-hydrogen) atoms. The number of anilines is 1. The molecule has 5 heteroatoms. The van der Waals surface area contributed by atoms with Crippen molar-refractivity contribution in [2.45, 2.75) is 45.6 Å². The molecule has 1 atom stereocenters. The molecule has 138 valence electrons. The molecule has 0 saturated heterocycles. The molecule has 0 bridgehead atoms. The lowest BCUT2D eigenvalue weighted by molar-refractivity contribution is -0.142. The molecule has 0 fully saturated rings. The standard InChI is InChI=1S/C21H25NO4/c1-5-17(26-18-9-7-6-8-14(18)2)19(23)22-16-12-10-15(11-13-16)21(3,4)20(24)25/h6-13,17H,5H2,1-4H3,(H,22,23)(H,24,25). The van der Waals surface area contributed by atoms with Gasteiger partial charge in [-0.3, -0.25) is 9.59 Å². The molecule has 2 aromatic carbocycles. The molecule has 0 radical (unpaired) electrons. The van der Waals surface area contributed by atoms with E-state index in [9.17, 15) is 14.7 Å². The number of carboxylic acid groups (broad SMARTS) is 1. The molecule has 0 aromatic heterocycles. The quantitative estimate of drug-likeness (QED) is 0.782. The monoisotopic (exact) mass is 355 g/mol. The third-order valence-corrected chi connectivity index (χ3v) is 4.43. The number of nitrogens with one attached hydrogen (secondary N) is 1. The topological polar surface area (TPSA) is 75.6 Å². The van der Waals surface area contributed by atoms with Crippen molar-refractivity contribution >= 4 is 17.6 Å². The maximum absolute atomic E-state index is 12.5. The van der Waals surface area contributed by atoms with Crippen molar-refractivity contribution in [3.8, 4) is 5.75 Å². The Bertz CT molecular complexity index is 781. The fourth-order valence-corrected chi connectivity index (χ4v) is 2.48. The summed E-state index contributed by atoms with van der Waals surface area (Å²) in [5, 5.41) is 12.1. The first-order valence-electron chi connectivity index (χ1n) is 8.62. The van der Waals surface area contributed by atoms with Crippen LogP contribution in [-0.4, -0.2) is 23.1 Å². The van der Waals surface area contributed by atoms with Gasteiger partial charge in [0.15, 0.2) is 6.10 Å². The fraction of sp³-hybridized carbons (Fsp3) is 0.333. The second-order valence-electron chi connectivity index (χ2n) is 6.78. The maximum atomic E-state index is 12.5. The summed E-state index contributed by atoms with van der Waals surface area (Å²) in [6.45, 7) is 7.11. The molecule has 2 N–H and O–H groups in total. The molecule has 1 unspecified atom stereocenters. The van der Waals surface area contributed by atoms with Gasteiger partial charge in [-0.1, -0.05) is 37.3 Å². The maximum Gasteiger partial charge on any atom is 0.313 e. The number of carboxylic acids is 1. The van der Waals surface area contributed by atoms with Gasteiger partial charge in [-0.15, -0.1) is 0 Å². The van der Waals surface area contributed by atoms with Crippen molar-refractivity contribution in [2.24, 2.45) is 0 Å². The van der Waals surface area contributed by atoms with E-state index in [0.717, 1.165) is 5.56 Å². The number of carbonyl (C=O) groups is 2. The summed E-state index contributed by atoms with van der Waals surface area (Å²) in [7, 11) is 0. The Morgan fingerprint density at radius 2 is 1.73 bits per heavy atom. The Hall–Kier alpha value is -2.82. The molecule has 1 amide bonds. The third kappa shape index (κ3) is 4.42. The van der Waals surface area contributed by atoms with E-state index in [2.05, 4.69) is 5.32 Å². The average molecular weight is 355 g/mol. The van der Waals surface area contributed by atoms with Crippen LogP contribution in [0.5, 0.6) is 5.75 Å². The zero-order valence-corrected chi connectivity index (χ0v) is 15.6. The molecule has 5 nitrogen and oxygen atoms in total. The number of aryl methyl sites for hydroxylation is 1. The van der Waals surface area contributed by atoms with Crippen molar-refractivity contribution in [3.63, 3.8) is 0 Å². The van der Waals surface area contributed by atoms with Gasteiger partial charge in [0.1, 0.15) is 5.75 Å². The number of carbonyl (C=O) groups excluding carboxylic acids is 1. The van der Waals surface area contributed by atoms with Crippen molar-refractivity contribution in [1.29, 1.82) is 0 Å². The number of amides is 1. The first-order valence-corrected chi connectivity index (χ1v) is 8.62. The van der Waals surface area contributed by atoms with E-state index < -0.39 is 17.5 Å². The van der Waals surface area contributed by atoms with E-state index in [0.29, 0.717) is 23.4 Å². The van der Waals surface area contributed by atoms with Gasteiger partial charge >= 0.3 is 5.97 Å². The molecule has 0 aliphatic heterocycles. The molecule has 2 rings (SSSR count). The van der Waals surface area contributed by atoms with E-state index in [1.165, 1.54) is 0 Å². The normalized spacial score (nSPS) is 12.3. The van der Waals surface area contributed by atoms with Crippen LogP contribution in [0.25, 0.3) is 0 Å². The van der Waals surface area contributed by atoms with Crippen molar-refractivity contribution < 1.29 is 19.4 Å². The van der Waals surface area contributed by atoms with Gasteiger partial charge in [-0.2, -0.15) is 0 Å². The zero-order chi connectivity index (χ0) is 19.3. The fourth-order valence-electron chi connectivity index (χ4n) is 2.48. The van der Waals surface area contributed by atoms with Crippen LogP contribution in [0.2, 0.25) is 0 Å². The summed E-state index contributed by atoms with van der Waals surface area (Å²) in [5.41, 5.74) is 1.26. The minimum Gasteiger partial charge on any atom is -0.481 e. The zero-order valence-electron chi connectivity index (χ0n) is 15.6. The molecular weight excluding hydrogens is 330 g/mol. The smallest absolute Gasteiger partial charge is 0.313 e. The first-order chi connectivity index (χ1) is 12.3. The summed E-state index contributed by atoms with van der Waals surface area (Å²) in [6.07, 6.45) is -0.0733. The minimum atomic E-state index is -0.984. The number of hydrogen-bond donors (Lipinski definition) is 2. The largest absolute Gasteiger partial charge is 0.481 e. The summed E-state index contributed by atoms with van der Waals surface area (Å²) >= 11 is 0. The van der Waals surface area contributed by atoms with Crippen LogP contribution in [-0.2, 0) is 15.0 Å². The van der Waals surface area contributed by atoms with Gasteiger partial charge in [0.25, 0.3) is 5.91 Å². The summed E-state index contributed by atoms with van der Waals surface area (Å²) in [6, 6.07) is 14.4. The molecule has 0 saturated carbocycles. The second-order valence-corrected chi connectivity index (χ2v) is 6.78. The molecule has 0 heterocycles. The van der Waals surface area contributed by atoms with E-state index in [1.54, 1.807) is 38.1 Å². The number of rotatable bonds is 7. The number of ether oxygens (including phenoxy) is 1. The summed E-state index contributed by atoms with van der Waals surface area (Å²) < 4.78 is 5.85. The van der Waals surface area contributed by atoms with E-state index in [1.807, 2.05) is 38.1 Å². The molecular formula is C21H25NO4. The van der Waals surface area contributed by atoms with Gasteiger partial charge in [-0.25, -0.2) is 0 Å². The minimum absolute atomic E-state index is 0.235. The van der Waals surface area contributed by atoms with E-state index in [4.69, 9.17) is 4.74 Å². The third-order valence-electron chi connectivity index (χ3n) is 4.43. The lowest BCUT2D eigenvalue weighted by Crippen LogP contribution is -2.32. The highest BCUT2D eigenvalue weighted by atomic mass is 16.5. The Balaban J connectivity index is 2.08. The number of hydrogen-bond acceptors (Lipinski definition) is 3. The van der Waals surface area contributed by atoms with E-state index >= 15 is 0 Å². The summed E-state index contributed by atoms with van der Waals surface area (Å²) in [4.78, 5) is 23.8. The predicted molar refractivity (Wildman–Crippen MR) is 102 cm³/mol. The number of para-hydroxylation sites is 1. The van der Waals surface area contributed by atoms with Crippen LogP contribution in [0.1, 0.15) is 38.3 Å². The van der Waals surface area contributed by atoms with Gasteiger partial charge < -0.3 is 15.2 Å². The Kier molecular flexibility index (Phi) is 6.03. The Morgan fingerprint density at radius 1 is 1.12 bits per heavy atom. The van der Waals surface area contributed by atoms with Crippen LogP contribution in [0.4, 0.5) is 5.69 Å². The first kappa shape index (κ1) is 19.5. The van der Waals surface area contributed by atoms with Crippen molar-refractivity contribution in [3.05, 3.63) is 59.7 Å². The predicted octanol–water partition coefficient (Wildman–Crippen LogP) is 4.15. The molecule has 0 aliphatic rings. The van der Waals surface area contributed by atoms with Crippen LogP contribution in [0.15, 0.2) is 48.5 Å². The lowest BCUT2D eigenvalue weighted by atomic mass is 9.85. The Labute approximate surface area is 154 Å². The van der Waals surface area contributed by atoms with Crippen LogP contribution in [0, 0.1) is 6.92 Å². The summed E-state index contributed by atoms with van der Waals surface area (Å²) in [5.74, 6) is -0.444. The molecule has 0 spiro atoms. The highest BCUT2D eigenvalue weighted by Crippen LogP contribution is 2.25. The Morgan fingerprint density at radius 3 is 2.27 bits per heavy atom. The number of aliphatic carboxylic acids is 1. The van der Waals surface area contributed by atoms with Gasteiger partial charge in [0, 0.05) is 5.69 Å².